The van der Waals surface area contributed by atoms with Crippen LogP contribution in [0.1, 0.15) is 25.8 Å². The summed E-state index contributed by atoms with van der Waals surface area (Å²) in [5.41, 5.74) is 1.34. The highest BCUT2D eigenvalue weighted by atomic mass is 32.2. The maximum Gasteiger partial charge on any atom is 0.441 e. The second-order valence-electron chi connectivity index (χ2n) is 7.13. The predicted molar refractivity (Wildman–Crippen MR) is 113 cm³/mol. The summed E-state index contributed by atoms with van der Waals surface area (Å²) in [6.45, 7) is 3.52. The largest absolute Gasteiger partial charge is 0.448 e. The fourth-order valence-electron chi connectivity index (χ4n) is 3.33. The number of nitrogens with one attached hydrogen (secondary N) is 1. The molecule has 2 aliphatic rings. The quantitative estimate of drug-likeness (QED) is 0.733. The zero-order valence-electron chi connectivity index (χ0n) is 17.3. The maximum atomic E-state index is 14.8. The van der Waals surface area contributed by atoms with Crippen molar-refractivity contribution in [3.05, 3.63) is 35.7 Å². The number of benzene rings is 1. The van der Waals surface area contributed by atoms with Crippen LogP contribution in [0.4, 0.5) is 19.7 Å². The summed E-state index contributed by atoms with van der Waals surface area (Å²) in [5, 5.41) is 2.58. The molecule has 1 unspecified atom stereocenters. The van der Waals surface area contributed by atoms with Gasteiger partial charge >= 0.3 is 12.2 Å². The molecule has 0 saturated carbocycles. The van der Waals surface area contributed by atoms with Gasteiger partial charge in [-0.25, -0.2) is 18.2 Å². The van der Waals surface area contributed by atoms with Crippen LogP contribution in [-0.4, -0.2) is 59.6 Å². The van der Waals surface area contributed by atoms with Gasteiger partial charge in [-0.2, -0.15) is 0 Å². The third kappa shape index (κ3) is 5.60. The Morgan fingerprint density at radius 3 is 2.81 bits per heavy atom. The lowest BCUT2D eigenvalue weighted by Gasteiger charge is -2.19. The molecule has 3 rings (SSSR count). The first-order valence-corrected chi connectivity index (χ1v) is 11.7. The predicted octanol–water partition coefficient (Wildman–Crippen LogP) is 2.70. The zero-order valence-corrected chi connectivity index (χ0v) is 18.1. The van der Waals surface area contributed by atoms with Crippen molar-refractivity contribution in [3.63, 3.8) is 0 Å². The van der Waals surface area contributed by atoms with Crippen LogP contribution in [0, 0.1) is 5.82 Å². The van der Waals surface area contributed by atoms with Crippen LogP contribution in [0.3, 0.4) is 0 Å². The molecule has 11 heteroatoms. The number of hydrogen-bond donors (Lipinski definition) is 1. The lowest BCUT2D eigenvalue weighted by atomic mass is 10.0. The molecule has 1 fully saturated rings. The van der Waals surface area contributed by atoms with Gasteiger partial charge in [0.05, 0.1) is 40.9 Å². The van der Waals surface area contributed by atoms with Gasteiger partial charge in [0.25, 0.3) is 0 Å². The molecule has 0 bridgehead atoms. The first kappa shape index (κ1) is 22.7. The fraction of sp³-hybridized carbons (Fsp3) is 0.450. The van der Waals surface area contributed by atoms with Crippen molar-refractivity contribution >= 4 is 39.1 Å². The van der Waals surface area contributed by atoms with Gasteiger partial charge in [0, 0.05) is 18.2 Å². The van der Waals surface area contributed by atoms with Gasteiger partial charge in [0.1, 0.15) is 11.9 Å². The Kier molecular flexibility index (Phi) is 6.94. The van der Waals surface area contributed by atoms with E-state index in [1.807, 2.05) is 0 Å². The fourth-order valence-corrected chi connectivity index (χ4v) is 4.98. The summed E-state index contributed by atoms with van der Waals surface area (Å²) < 4.78 is 41.0. The number of cyclic esters (lactones) is 1. The molecule has 2 atom stereocenters. The summed E-state index contributed by atoms with van der Waals surface area (Å²) in [6, 6.07) is 4.41. The molecule has 3 amide bonds. The number of carbonyl (C=O) groups is 3. The van der Waals surface area contributed by atoms with Gasteiger partial charge in [-0.3, -0.25) is 9.69 Å². The third-order valence-corrected chi connectivity index (χ3v) is 6.86. The Morgan fingerprint density at radius 2 is 2.19 bits per heavy atom. The minimum absolute atomic E-state index is 0.0334. The number of halogens is 1. The number of anilines is 1. The highest BCUT2D eigenvalue weighted by Crippen LogP contribution is 2.30. The molecule has 0 spiro atoms. The van der Waals surface area contributed by atoms with E-state index in [9.17, 15) is 23.0 Å². The first-order valence-electron chi connectivity index (χ1n) is 9.81. The number of carbonyl (C=O) groups excluding carboxylic acids is 3. The van der Waals surface area contributed by atoms with Crippen LogP contribution in [0.5, 0.6) is 0 Å². The van der Waals surface area contributed by atoms with E-state index in [4.69, 9.17) is 9.47 Å². The van der Waals surface area contributed by atoms with Crippen molar-refractivity contribution in [2.45, 2.75) is 26.4 Å². The molecule has 1 N–H and O–H groups in total. The van der Waals surface area contributed by atoms with Gasteiger partial charge in [0.2, 0.25) is 5.91 Å². The van der Waals surface area contributed by atoms with E-state index in [0.29, 0.717) is 23.2 Å². The minimum atomic E-state index is -2.76. The van der Waals surface area contributed by atoms with E-state index < -0.39 is 33.8 Å². The van der Waals surface area contributed by atoms with Crippen molar-refractivity contribution in [1.82, 2.24) is 5.32 Å². The lowest BCUT2D eigenvalue weighted by molar-refractivity contribution is -0.119. The summed E-state index contributed by atoms with van der Waals surface area (Å²) in [7, 11) is -2.76. The van der Waals surface area contributed by atoms with Gasteiger partial charge < -0.3 is 14.8 Å². The monoisotopic (exact) mass is 453 g/mol. The van der Waals surface area contributed by atoms with Crippen LogP contribution in [0.15, 0.2) is 28.6 Å². The first-order chi connectivity index (χ1) is 14.7. The molecule has 31 heavy (non-hydrogen) atoms. The van der Waals surface area contributed by atoms with E-state index in [0.717, 1.165) is 0 Å². The average molecular weight is 453 g/mol. The normalized spacial score (nSPS) is 23.1. The molecule has 2 heterocycles. The van der Waals surface area contributed by atoms with E-state index >= 15 is 0 Å². The van der Waals surface area contributed by atoms with Crippen molar-refractivity contribution in [1.29, 1.82) is 0 Å². The number of hydrogen-bond acceptors (Lipinski definition) is 6. The Balaban J connectivity index is 1.72. The molecule has 0 aliphatic carbocycles. The number of allylic oxidation sites excluding steroid dienone is 1. The van der Waals surface area contributed by atoms with E-state index in [-0.39, 0.29) is 37.1 Å². The molecule has 1 saturated heterocycles. The summed E-state index contributed by atoms with van der Waals surface area (Å²) >= 11 is 0. The van der Waals surface area contributed by atoms with Crippen molar-refractivity contribution in [2.24, 2.45) is 4.36 Å². The standard InChI is InChI=1S/C20H24FN3O6S/c1-3-29-19(26)23-31(28)8-6-14(7-9-31)17-5-4-15(10-18(17)21)24-12-16(30-20(24)27)11-22-13(2)25/h4-6,10,16H,3,7-9,11-12H2,1-2H3,(H,22,25)/t16-,31?/m0/s1. The van der Waals surface area contributed by atoms with Gasteiger partial charge in [-0.15, -0.1) is 4.36 Å². The van der Waals surface area contributed by atoms with Crippen molar-refractivity contribution in [2.75, 3.05) is 36.1 Å². The van der Waals surface area contributed by atoms with Crippen LogP contribution in [0.25, 0.3) is 5.57 Å². The smallest absolute Gasteiger partial charge is 0.441 e. The average Bonchev–Trinajstić information content (AvgIpc) is 3.08. The molecule has 0 radical (unpaired) electrons. The van der Waals surface area contributed by atoms with Crippen LogP contribution < -0.4 is 10.2 Å². The summed E-state index contributed by atoms with van der Waals surface area (Å²) in [6.07, 6.45) is -0.0617. The molecular weight excluding hydrogens is 429 g/mol. The zero-order chi connectivity index (χ0) is 22.6. The third-order valence-electron chi connectivity index (χ3n) is 4.85. The highest BCUT2D eigenvalue weighted by molar-refractivity contribution is 7.94. The van der Waals surface area contributed by atoms with Gasteiger partial charge in [0.15, 0.2) is 0 Å². The Morgan fingerprint density at radius 1 is 1.42 bits per heavy atom. The second-order valence-corrected chi connectivity index (χ2v) is 9.60. The van der Waals surface area contributed by atoms with Gasteiger partial charge in [-0.05, 0) is 37.1 Å². The number of ether oxygens (including phenoxy) is 2. The maximum absolute atomic E-state index is 14.8. The molecule has 168 valence electrons. The van der Waals surface area contributed by atoms with Crippen molar-refractivity contribution in [3.8, 4) is 0 Å². The number of amides is 3. The Bertz CT molecular complexity index is 1050. The van der Waals surface area contributed by atoms with Gasteiger partial charge in [-0.1, -0.05) is 6.08 Å². The number of rotatable bonds is 5. The van der Waals surface area contributed by atoms with E-state index in [1.165, 1.54) is 17.9 Å². The molecule has 0 aromatic heterocycles. The summed E-state index contributed by atoms with van der Waals surface area (Å²) in [4.78, 5) is 35.9. The summed E-state index contributed by atoms with van der Waals surface area (Å²) in [5.74, 6) is -0.601. The van der Waals surface area contributed by atoms with Crippen LogP contribution in [0.2, 0.25) is 0 Å². The van der Waals surface area contributed by atoms with Crippen molar-refractivity contribution < 1.29 is 32.5 Å². The molecule has 9 nitrogen and oxygen atoms in total. The second kappa shape index (κ2) is 9.46. The van der Waals surface area contributed by atoms with E-state index in [1.54, 1.807) is 25.1 Å². The SMILES string of the molecule is CCOC(=O)N=S1(=O)CC=C(c2ccc(N3C[C@H](CNC(C)=O)OC3=O)cc2F)CC1. The topological polar surface area (TPSA) is 114 Å². The van der Waals surface area contributed by atoms with E-state index in [2.05, 4.69) is 9.68 Å². The highest BCUT2D eigenvalue weighted by Gasteiger charge is 2.33. The molecule has 1 aromatic carbocycles. The molecule has 1 aromatic rings. The lowest BCUT2D eigenvalue weighted by Crippen LogP contribution is -2.33. The Hall–Kier alpha value is -2.95. The molecule has 2 aliphatic heterocycles. The number of nitrogens with zero attached hydrogens (tertiary/aromatic N) is 2. The van der Waals surface area contributed by atoms with Crippen LogP contribution in [-0.2, 0) is 24.0 Å². The molecular formula is C20H24FN3O6S. The van der Waals surface area contributed by atoms with Crippen LogP contribution >= 0.6 is 0 Å². The Labute approximate surface area is 179 Å². The minimum Gasteiger partial charge on any atom is -0.448 e.